The van der Waals surface area contributed by atoms with Gasteiger partial charge in [0.05, 0.1) is 5.92 Å². The fourth-order valence-electron chi connectivity index (χ4n) is 2.82. The lowest BCUT2D eigenvalue weighted by Crippen LogP contribution is -2.38. The minimum Gasteiger partial charge on any atom is -0.492 e. The van der Waals surface area contributed by atoms with Crippen molar-refractivity contribution in [3.05, 3.63) is 63.6 Å². The molecule has 0 saturated carbocycles. The summed E-state index contributed by atoms with van der Waals surface area (Å²) in [5, 5.41) is 1.33. The number of nitrogens with zero attached hydrogens (tertiary/aromatic N) is 1. The Morgan fingerprint density at radius 2 is 2.00 bits per heavy atom. The number of amides is 1. The summed E-state index contributed by atoms with van der Waals surface area (Å²) in [5.74, 6) is 0.691. The van der Waals surface area contributed by atoms with Crippen LogP contribution in [0, 0.1) is 5.92 Å². The van der Waals surface area contributed by atoms with E-state index in [4.69, 9.17) is 27.9 Å². The first-order valence-corrected chi connectivity index (χ1v) is 8.19. The van der Waals surface area contributed by atoms with Crippen LogP contribution in [0.15, 0.2) is 42.5 Å². The molecule has 2 aromatic carbocycles. The fourth-order valence-corrected chi connectivity index (χ4v) is 3.23. The Bertz CT molecular complexity index is 733. The summed E-state index contributed by atoms with van der Waals surface area (Å²) < 4.78 is 5.70. The summed E-state index contributed by atoms with van der Waals surface area (Å²) >= 11 is 12.0. The topological polar surface area (TPSA) is 29.5 Å². The molecular formula is C18H17Cl2NO2. The van der Waals surface area contributed by atoms with Gasteiger partial charge in [-0.2, -0.15) is 0 Å². The molecule has 120 valence electrons. The number of carbonyl (C=O) groups excluding carboxylic acids is 1. The second-order valence-corrected chi connectivity index (χ2v) is 6.66. The molecule has 0 saturated heterocycles. The van der Waals surface area contributed by atoms with Gasteiger partial charge in [0.1, 0.15) is 12.4 Å². The maximum atomic E-state index is 12.7. The van der Waals surface area contributed by atoms with Crippen LogP contribution in [0.25, 0.3) is 0 Å². The van der Waals surface area contributed by atoms with Crippen molar-refractivity contribution in [1.29, 1.82) is 0 Å². The maximum Gasteiger partial charge on any atom is 0.229 e. The maximum absolute atomic E-state index is 12.7. The molecule has 0 radical (unpaired) electrons. The van der Waals surface area contributed by atoms with Crippen molar-refractivity contribution in [2.45, 2.75) is 13.0 Å². The normalized spacial score (nSPS) is 16.4. The van der Waals surface area contributed by atoms with E-state index < -0.39 is 0 Å². The highest BCUT2D eigenvalue weighted by Gasteiger charge is 2.28. The molecule has 2 aromatic rings. The van der Waals surface area contributed by atoms with Crippen LogP contribution in [0.4, 0.5) is 0 Å². The van der Waals surface area contributed by atoms with Crippen molar-refractivity contribution < 1.29 is 9.53 Å². The van der Waals surface area contributed by atoms with Crippen molar-refractivity contribution in [3.63, 3.8) is 0 Å². The Hall–Kier alpha value is -1.71. The lowest BCUT2D eigenvalue weighted by Gasteiger charge is -2.28. The minimum absolute atomic E-state index is 0.0654. The van der Waals surface area contributed by atoms with E-state index in [1.54, 1.807) is 18.0 Å². The first-order valence-electron chi connectivity index (χ1n) is 7.43. The Balaban J connectivity index is 1.68. The summed E-state index contributed by atoms with van der Waals surface area (Å²) in [5.41, 5.74) is 1.99. The lowest BCUT2D eigenvalue weighted by atomic mass is 9.95. The Morgan fingerprint density at radius 1 is 1.22 bits per heavy atom. The summed E-state index contributed by atoms with van der Waals surface area (Å²) in [6.45, 7) is 0.922. The van der Waals surface area contributed by atoms with E-state index in [0.717, 1.165) is 16.9 Å². The van der Waals surface area contributed by atoms with E-state index in [-0.39, 0.29) is 11.8 Å². The molecule has 3 rings (SSSR count). The number of halogens is 2. The van der Waals surface area contributed by atoms with Gasteiger partial charge in [-0.15, -0.1) is 0 Å². The van der Waals surface area contributed by atoms with E-state index in [1.807, 2.05) is 36.4 Å². The summed E-state index contributed by atoms with van der Waals surface area (Å²) in [6.07, 6.45) is 0.647. The molecule has 0 spiro atoms. The third-order valence-electron chi connectivity index (χ3n) is 3.96. The van der Waals surface area contributed by atoms with Crippen LogP contribution < -0.4 is 4.74 Å². The van der Waals surface area contributed by atoms with Crippen LogP contribution in [0.2, 0.25) is 10.0 Å². The van der Waals surface area contributed by atoms with E-state index >= 15 is 0 Å². The molecule has 0 aliphatic carbocycles. The van der Waals surface area contributed by atoms with Gasteiger partial charge in [-0.25, -0.2) is 0 Å². The fraction of sp³-hybridized carbons (Fsp3) is 0.278. The van der Waals surface area contributed by atoms with Crippen LogP contribution in [-0.2, 0) is 17.8 Å². The smallest absolute Gasteiger partial charge is 0.229 e. The van der Waals surface area contributed by atoms with Gasteiger partial charge >= 0.3 is 0 Å². The van der Waals surface area contributed by atoms with E-state index in [9.17, 15) is 4.79 Å². The zero-order chi connectivity index (χ0) is 16.4. The van der Waals surface area contributed by atoms with Crippen LogP contribution in [0.3, 0.4) is 0 Å². The summed E-state index contributed by atoms with van der Waals surface area (Å²) in [6, 6.07) is 13.1. The van der Waals surface area contributed by atoms with Gasteiger partial charge in [0.25, 0.3) is 0 Å². The van der Waals surface area contributed by atoms with Gasteiger partial charge in [0.15, 0.2) is 0 Å². The van der Waals surface area contributed by atoms with Gasteiger partial charge < -0.3 is 9.64 Å². The molecular weight excluding hydrogens is 333 g/mol. The molecule has 1 unspecified atom stereocenters. The number of fused-ring (bicyclic) bond motifs is 1. The van der Waals surface area contributed by atoms with Gasteiger partial charge in [-0.05, 0) is 47.9 Å². The molecule has 1 aliphatic heterocycles. The quantitative estimate of drug-likeness (QED) is 0.830. The monoisotopic (exact) mass is 349 g/mol. The second kappa shape index (κ2) is 6.81. The average molecular weight is 350 g/mol. The highest BCUT2D eigenvalue weighted by molar-refractivity contribution is 6.30. The molecule has 0 fully saturated rings. The van der Waals surface area contributed by atoms with Crippen LogP contribution in [-0.4, -0.2) is 24.5 Å². The van der Waals surface area contributed by atoms with E-state index in [2.05, 4.69) is 0 Å². The zero-order valence-corrected chi connectivity index (χ0v) is 14.3. The van der Waals surface area contributed by atoms with Gasteiger partial charge in [-0.3, -0.25) is 4.79 Å². The third-order valence-corrected chi connectivity index (χ3v) is 4.43. The molecule has 1 amide bonds. The van der Waals surface area contributed by atoms with Gasteiger partial charge in [0.2, 0.25) is 5.91 Å². The summed E-state index contributed by atoms with van der Waals surface area (Å²) in [7, 11) is 1.80. The Kier molecular flexibility index (Phi) is 4.79. The number of hydrogen-bond donors (Lipinski definition) is 0. The van der Waals surface area contributed by atoms with E-state index in [1.165, 1.54) is 0 Å². The number of carbonyl (C=O) groups is 1. The van der Waals surface area contributed by atoms with Gasteiger partial charge in [-0.1, -0.05) is 35.3 Å². The summed E-state index contributed by atoms with van der Waals surface area (Å²) in [4.78, 5) is 14.4. The SMILES string of the molecule is CN(Cc1cccc(Cl)c1)C(=O)C1COc2ccc(Cl)cc2C1. The van der Waals surface area contributed by atoms with E-state index in [0.29, 0.717) is 29.6 Å². The predicted octanol–water partition coefficient (Wildman–Crippen LogP) is 4.20. The Morgan fingerprint density at radius 3 is 2.78 bits per heavy atom. The number of hydrogen-bond acceptors (Lipinski definition) is 2. The van der Waals surface area contributed by atoms with Crippen molar-refractivity contribution in [2.24, 2.45) is 5.92 Å². The van der Waals surface area contributed by atoms with Crippen LogP contribution >= 0.6 is 23.2 Å². The minimum atomic E-state index is -0.190. The largest absolute Gasteiger partial charge is 0.492 e. The standard InChI is InChI=1S/C18H17Cl2NO2/c1-21(10-12-3-2-4-15(19)7-12)18(22)14-8-13-9-16(20)5-6-17(13)23-11-14/h2-7,9,14H,8,10-11H2,1H3. The number of benzene rings is 2. The lowest BCUT2D eigenvalue weighted by molar-refractivity contribution is -0.136. The van der Waals surface area contributed by atoms with Crippen molar-refractivity contribution in [2.75, 3.05) is 13.7 Å². The molecule has 5 heteroatoms. The highest BCUT2D eigenvalue weighted by Crippen LogP contribution is 2.30. The molecule has 0 aromatic heterocycles. The van der Waals surface area contributed by atoms with Crippen molar-refractivity contribution in [3.8, 4) is 5.75 Å². The molecule has 1 aliphatic rings. The number of ether oxygens (including phenoxy) is 1. The van der Waals surface area contributed by atoms with Crippen LogP contribution in [0.5, 0.6) is 5.75 Å². The van der Waals surface area contributed by atoms with Gasteiger partial charge in [0, 0.05) is 23.6 Å². The number of rotatable bonds is 3. The molecule has 0 N–H and O–H groups in total. The highest BCUT2D eigenvalue weighted by atomic mass is 35.5. The molecule has 3 nitrogen and oxygen atoms in total. The Labute approximate surface area is 145 Å². The average Bonchev–Trinajstić information content (AvgIpc) is 2.53. The zero-order valence-electron chi connectivity index (χ0n) is 12.8. The van der Waals surface area contributed by atoms with Crippen molar-refractivity contribution >= 4 is 29.1 Å². The molecule has 1 heterocycles. The van der Waals surface area contributed by atoms with Crippen molar-refractivity contribution in [1.82, 2.24) is 4.90 Å². The molecule has 1 atom stereocenters. The second-order valence-electron chi connectivity index (χ2n) is 5.79. The first kappa shape index (κ1) is 16.2. The van der Waals surface area contributed by atoms with Crippen LogP contribution in [0.1, 0.15) is 11.1 Å². The molecule has 23 heavy (non-hydrogen) atoms. The third kappa shape index (κ3) is 3.80. The first-order chi connectivity index (χ1) is 11.0. The predicted molar refractivity (Wildman–Crippen MR) is 92.1 cm³/mol. The molecule has 0 bridgehead atoms.